The van der Waals surface area contributed by atoms with Gasteiger partial charge in [0, 0.05) is 0 Å². The molecule has 1 N–H and O–H groups in total. The molecule has 35 heavy (non-hydrogen) atoms. The van der Waals surface area contributed by atoms with Gasteiger partial charge in [0.15, 0.2) is 0 Å². The van der Waals surface area contributed by atoms with Crippen molar-refractivity contribution < 1.29 is 9.53 Å². The zero-order valence-corrected chi connectivity index (χ0v) is 21.0. The summed E-state index contributed by atoms with van der Waals surface area (Å²) in [4.78, 5) is 34.5. The zero-order chi connectivity index (χ0) is 24.2. The number of imidazole rings is 1. The van der Waals surface area contributed by atoms with Gasteiger partial charge in [-0.05, 0) is 0 Å². The molecule has 0 aliphatic carbocycles. The Balaban J connectivity index is 1.56. The second-order valence-electron chi connectivity index (χ2n) is 7.67. The number of benzene rings is 1. The molecule has 10 heteroatoms. The van der Waals surface area contributed by atoms with Crippen molar-refractivity contribution in [1.29, 1.82) is 0 Å². The minimum atomic E-state index is -0.559. The van der Waals surface area contributed by atoms with E-state index in [-0.39, 0.29) is 5.91 Å². The number of rotatable bonds is 7. The second kappa shape index (κ2) is 10.0. The molecule has 9 nitrogen and oxygen atoms in total. The molecule has 5 rings (SSSR count). The molecule has 0 atom stereocenters. The van der Waals surface area contributed by atoms with Gasteiger partial charge in [-0.15, -0.1) is 0 Å². The van der Waals surface area contributed by atoms with Gasteiger partial charge in [-0.3, -0.25) is 0 Å². The number of nitrogens with one attached hydrogen (secondary N) is 1. The summed E-state index contributed by atoms with van der Waals surface area (Å²) in [5.74, 6) is 1.72. The van der Waals surface area contributed by atoms with Crippen molar-refractivity contribution in [3.05, 3.63) is 78.9 Å². The predicted molar refractivity (Wildman–Crippen MR) is 134 cm³/mol. The Morgan fingerprint density at radius 1 is 1.03 bits per heavy atom. The van der Waals surface area contributed by atoms with E-state index in [1.807, 2.05) is 59.2 Å². The van der Waals surface area contributed by atoms with Crippen molar-refractivity contribution in [2.24, 2.45) is 0 Å². The number of anilines is 1. The van der Waals surface area contributed by atoms with Gasteiger partial charge in [-0.1, -0.05) is 0 Å². The van der Waals surface area contributed by atoms with Crippen LogP contribution in [0, 0.1) is 0 Å². The summed E-state index contributed by atoms with van der Waals surface area (Å²) in [5, 5.41) is 2.74. The summed E-state index contributed by atoms with van der Waals surface area (Å²) in [6, 6.07) is 17.4. The first kappa shape index (κ1) is 22.7. The van der Waals surface area contributed by atoms with Crippen LogP contribution >= 0.6 is 0 Å². The van der Waals surface area contributed by atoms with E-state index in [9.17, 15) is 4.79 Å². The number of pyridine rings is 2. The number of fused-ring (bicyclic) bond motifs is 1. The maximum absolute atomic E-state index is 11.5. The number of aromatic nitrogens is 6. The van der Waals surface area contributed by atoms with E-state index in [4.69, 9.17) is 14.7 Å². The van der Waals surface area contributed by atoms with Gasteiger partial charge in [0.1, 0.15) is 0 Å². The molecule has 0 unspecified atom stereocenters. The van der Waals surface area contributed by atoms with Crippen LogP contribution in [-0.2, 0) is 11.3 Å². The number of carbonyl (C=O) groups excluding carboxylic acids is 1. The van der Waals surface area contributed by atoms with Gasteiger partial charge in [-0.2, -0.15) is 0 Å². The average molecular weight is 526 g/mol. The van der Waals surface area contributed by atoms with Gasteiger partial charge >= 0.3 is 209 Å². The number of methoxy groups -OCH3 is 1. The Kier molecular flexibility index (Phi) is 6.50. The molecule has 0 fully saturated rings. The molecule has 0 aliphatic rings. The third-order valence-corrected chi connectivity index (χ3v) is 7.36. The van der Waals surface area contributed by atoms with E-state index in [2.05, 4.69) is 20.3 Å². The first-order chi connectivity index (χ1) is 17.1. The van der Waals surface area contributed by atoms with E-state index in [0.717, 1.165) is 31.3 Å². The number of ether oxygens (including phenoxy) is 1. The van der Waals surface area contributed by atoms with E-state index >= 15 is 0 Å². The molecule has 1 aromatic carbocycles. The van der Waals surface area contributed by atoms with Crippen molar-refractivity contribution in [3.8, 4) is 17.3 Å². The Morgan fingerprint density at radius 3 is 2.63 bits per heavy atom. The zero-order valence-electron chi connectivity index (χ0n) is 19.1. The monoisotopic (exact) mass is 526 g/mol. The van der Waals surface area contributed by atoms with Gasteiger partial charge < -0.3 is 0 Å². The van der Waals surface area contributed by atoms with E-state index in [0.29, 0.717) is 23.9 Å². The maximum atomic E-state index is 11.5. The third kappa shape index (κ3) is 5.20. The quantitative estimate of drug-likeness (QED) is 0.323. The van der Waals surface area contributed by atoms with Crippen LogP contribution in [0.4, 0.5) is 5.82 Å². The summed E-state index contributed by atoms with van der Waals surface area (Å²) in [7, 11) is 1.65. The molecular formula is C25H21AsN7O2. The minimum absolute atomic E-state index is 0.162. The summed E-state index contributed by atoms with van der Waals surface area (Å²) < 4.78 is 9.19. The van der Waals surface area contributed by atoms with Crippen molar-refractivity contribution in [2.75, 3.05) is 12.4 Å². The number of carbonyl (C=O) groups is 1. The van der Waals surface area contributed by atoms with Gasteiger partial charge in [0.2, 0.25) is 0 Å². The first-order valence-electron chi connectivity index (χ1n) is 10.8. The van der Waals surface area contributed by atoms with Gasteiger partial charge in [0.05, 0.1) is 0 Å². The predicted octanol–water partition coefficient (Wildman–Crippen LogP) is 1.95. The van der Waals surface area contributed by atoms with Crippen molar-refractivity contribution >= 4 is 47.5 Å². The topological polar surface area (TPSA) is 108 Å². The molecule has 0 saturated heterocycles. The number of amides is 1. The molecule has 173 valence electrons. The number of hydrogen-bond acceptors (Lipinski definition) is 7. The molecule has 0 spiro atoms. The molecule has 0 saturated carbocycles. The fourth-order valence-corrected chi connectivity index (χ4v) is 5.58. The van der Waals surface area contributed by atoms with Crippen LogP contribution in [0.25, 0.3) is 22.7 Å². The average Bonchev–Trinajstić information content (AvgIpc) is 3.28. The van der Waals surface area contributed by atoms with Crippen LogP contribution in [0.15, 0.2) is 73.3 Å². The molecule has 1 amide bonds. The van der Waals surface area contributed by atoms with E-state index in [1.54, 1.807) is 25.8 Å². The first-order valence-corrected chi connectivity index (χ1v) is 12.7. The fraction of sp³-hybridized carbons (Fsp3) is 0.120. The molecule has 4 aromatic heterocycles. The molecule has 5 aromatic rings. The van der Waals surface area contributed by atoms with Crippen LogP contribution in [0.1, 0.15) is 12.5 Å². The molecule has 1 radical (unpaired) electrons. The SMILES string of the molecule is COc1ccc(Cn2cnc3c([As]c4ccnc(NC(C)=O)c4)nc(-c4ccccn4)nc32)cc1. The van der Waals surface area contributed by atoms with Crippen LogP contribution in [0.5, 0.6) is 5.75 Å². The Hall–Kier alpha value is -4.10. The fourth-order valence-electron chi connectivity index (χ4n) is 3.52. The van der Waals surface area contributed by atoms with Crippen LogP contribution in [0.3, 0.4) is 0 Å². The summed E-state index contributed by atoms with van der Waals surface area (Å²) in [6.45, 7) is 2.07. The summed E-state index contributed by atoms with van der Waals surface area (Å²) >= 11 is -0.559. The van der Waals surface area contributed by atoms with Crippen molar-refractivity contribution in [1.82, 2.24) is 29.5 Å². The molecule has 4 heterocycles. The Labute approximate surface area is 208 Å². The van der Waals surface area contributed by atoms with Crippen LogP contribution in [-0.4, -0.2) is 58.3 Å². The third-order valence-electron chi connectivity index (χ3n) is 5.13. The van der Waals surface area contributed by atoms with Gasteiger partial charge in [0.25, 0.3) is 0 Å². The standard InChI is InChI=1S/C25H21AsN7O2/c1-16(34)30-21-13-18(10-12-28-21)26-23-22-25(32-24(31-23)20-5-3-4-11-27-20)33(15-29-22)14-17-6-8-19(35-2)9-7-17/h3-13,15H,14H2,1-2H3,(H,28,30,34). The normalized spacial score (nSPS) is 11.3. The molecule has 0 bridgehead atoms. The summed E-state index contributed by atoms with van der Waals surface area (Å²) in [5.41, 5.74) is 3.31. The number of nitrogens with zero attached hydrogens (tertiary/aromatic N) is 6. The van der Waals surface area contributed by atoms with Crippen LogP contribution in [0.2, 0.25) is 0 Å². The molecule has 0 aliphatic heterocycles. The summed E-state index contributed by atoms with van der Waals surface area (Å²) in [6.07, 6.45) is 5.22. The Morgan fingerprint density at radius 2 is 1.89 bits per heavy atom. The Bertz CT molecular complexity index is 1490. The number of hydrogen-bond donors (Lipinski definition) is 1. The van der Waals surface area contributed by atoms with E-state index < -0.39 is 15.8 Å². The molecular weight excluding hydrogens is 505 g/mol. The van der Waals surface area contributed by atoms with Crippen molar-refractivity contribution in [3.63, 3.8) is 0 Å². The second-order valence-corrected chi connectivity index (χ2v) is 10.1. The van der Waals surface area contributed by atoms with Crippen LogP contribution < -0.4 is 18.9 Å². The van der Waals surface area contributed by atoms with E-state index in [1.165, 1.54) is 6.92 Å². The van der Waals surface area contributed by atoms with Gasteiger partial charge in [-0.25, -0.2) is 0 Å². The van der Waals surface area contributed by atoms with Crippen molar-refractivity contribution in [2.45, 2.75) is 13.5 Å².